The molecule has 1 spiro atoms. The minimum absolute atomic E-state index is 0.0972. The molecule has 2 fully saturated rings. The molecule has 19 heavy (non-hydrogen) atoms. The number of rotatable bonds is 2. The van der Waals surface area contributed by atoms with E-state index in [9.17, 15) is 4.39 Å². The van der Waals surface area contributed by atoms with E-state index in [2.05, 4.69) is 11.8 Å². The van der Waals surface area contributed by atoms with Gasteiger partial charge in [0.1, 0.15) is 5.82 Å². The van der Waals surface area contributed by atoms with E-state index in [1.54, 1.807) is 6.07 Å². The maximum absolute atomic E-state index is 13.8. The molecule has 4 heteroatoms. The van der Waals surface area contributed by atoms with Crippen LogP contribution in [-0.4, -0.2) is 37.0 Å². The molecule has 0 radical (unpaired) electrons. The summed E-state index contributed by atoms with van der Waals surface area (Å²) in [7, 11) is 0. The number of nitrogens with zero attached hydrogens (tertiary/aromatic N) is 1. The number of hydrogen-bond donors (Lipinski definition) is 0. The molecule has 0 saturated carbocycles. The van der Waals surface area contributed by atoms with E-state index in [0.29, 0.717) is 13.2 Å². The van der Waals surface area contributed by atoms with Crippen molar-refractivity contribution in [3.8, 4) is 0 Å². The van der Waals surface area contributed by atoms with Gasteiger partial charge in [0.25, 0.3) is 0 Å². The standard InChI is InChI=1S/C15H20FNO2/c1-12(13-4-2-3-5-14(13)16)17-8-6-15(7-9-17)18-10-11-19-15/h2-5,12H,6-11H2,1H3. The highest BCUT2D eigenvalue weighted by atomic mass is 19.1. The Hall–Kier alpha value is -0.970. The molecule has 3 nitrogen and oxygen atoms in total. The molecule has 2 aliphatic rings. The zero-order chi connectivity index (χ0) is 13.3. The van der Waals surface area contributed by atoms with Gasteiger partial charge in [0.05, 0.1) is 13.2 Å². The van der Waals surface area contributed by atoms with Crippen molar-refractivity contribution in [2.75, 3.05) is 26.3 Å². The lowest BCUT2D eigenvalue weighted by Gasteiger charge is -2.40. The number of halogens is 1. The molecule has 3 rings (SSSR count). The number of ether oxygens (including phenoxy) is 2. The maximum Gasteiger partial charge on any atom is 0.170 e. The third-order valence-electron chi connectivity index (χ3n) is 4.28. The zero-order valence-corrected chi connectivity index (χ0v) is 11.3. The van der Waals surface area contributed by atoms with Crippen LogP contribution in [0, 0.1) is 5.82 Å². The van der Waals surface area contributed by atoms with Crippen LogP contribution in [0.5, 0.6) is 0 Å². The van der Waals surface area contributed by atoms with Gasteiger partial charge in [-0.3, -0.25) is 4.90 Å². The predicted molar refractivity (Wildman–Crippen MR) is 70.3 cm³/mol. The highest BCUT2D eigenvalue weighted by molar-refractivity contribution is 5.20. The number of hydrogen-bond acceptors (Lipinski definition) is 3. The summed E-state index contributed by atoms with van der Waals surface area (Å²) in [5, 5.41) is 0. The molecule has 2 aliphatic heterocycles. The zero-order valence-electron chi connectivity index (χ0n) is 11.3. The molecule has 0 N–H and O–H groups in total. The summed E-state index contributed by atoms with van der Waals surface area (Å²) in [5.41, 5.74) is 0.770. The van der Waals surface area contributed by atoms with Crippen LogP contribution in [0.3, 0.4) is 0 Å². The lowest BCUT2D eigenvalue weighted by Crippen LogP contribution is -2.45. The molecule has 2 saturated heterocycles. The Bertz CT molecular complexity index is 436. The van der Waals surface area contributed by atoms with Crippen LogP contribution in [0.2, 0.25) is 0 Å². The number of benzene rings is 1. The van der Waals surface area contributed by atoms with Crippen LogP contribution in [0.15, 0.2) is 24.3 Å². The second-order valence-electron chi connectivity index (χ2n) is 5.34. The third kappa shape index (κ3) is 2.53. The SMILES string of the molecule is CC(c1ccccc1F)N1CCC2(CC1)OCCO2. The number of likely N-dealkylation sites (tertiary alicyclic amines) is 1. The lowest BCUT2D eigenvalue weighted by atomic mass is 9.99. The van der Waals surface area contributed by atoms with Gasteiger partial charge < -0.3 is 9.47 Å². The van der Waals surface area contributed by atoms with Crippen molar-refractivity contribution in [2.24, 2.45) is 0 Å². The Morgan fingerprint density at radius 3 is 2.42 bits per heavy atom. The van der Waals surface area contributed by atoms with Crippen molar-refractivity contribution >= 4 is 0 Å². The smallest absolute Gasteiger partial charge is 0.170 e. The van der Waals surface area contributed by atoms with Crippen molar-refractivity contribution in [1.82, 2.24) is 4.90 Å². The van der Waals surface area contributed by atoms with Gasteiger partial charge in [-0.2, -0.15) is 0 Å². The van der Waals surface area contributed by atoms with E-state index in [1.807, 2.05) is 12.1 Å². The Kier molecular flexibility index (Phi) is 3.56. The van der Waals surface area contributed by atoms with E-state index < -0.39 is 0 Å². The van der Waals surface area contributed by atoms with Crippen molar-refractivity contribution in [3.05, 3.63) is 35.6 Å². The second-order valence-corrected chi connectivity index (χ2v) is 5.34. The first-order chi connectivity index (χ1) is 9.20. The minimum atomic E-state index is -0.356. The first-order valence-electron chi connectivity index (χ1n) is 6.97. The normalized spacial score (nSPS) is 24.7. The highest BCUT2D eigenvalue weighted by Gasteiger charge is 2.40. The summed E-state index contributed by atoms with van der Waals surface area (Å²) in [6.45, 7) is 5.23. The van der Waals surface area contributed by atoms with Gasteiger partial charge in [-0.25, -0.2) is 4.39 Å². The van der Waals surface area contributed by atoms with Crippen LogP contribution in [-0.2, 0) is 9.47 Å². The van der Waals surface area contributed by atoms with Crippen LogP contribution in [0.1, 0.15) is 31.4 Å². The molecule has 0 bridgehead atoms. The van der Waals surface area contributed by atoms with Crippen LogP contribution >= 0.6 is 0 Å². The van der Waals surface area contributed by atoms with E-state index in [-0.39, 0.29) is 17.6 Å². The average molecular weight is 265 g/mol. The van der Waals surface area contributed by atoms with Crippen LogP contribution in [0.4, 0.5) is 4.39 Å². The monoisotopic (exact) mass is 265 g/mol. The number of piperidine rings is 1. The van der Waals surface area contributed by atoms with Gasteiger partial charge in [-0.05, 0) is 13.0 Å². The van der Waals surface area contributed by atoms with Gasteiger partial charge in [0, 0.05) is 37.5 Å². The van der Waals surface area contributed by atoms with Gasteiger partial charge in [0.15, 0.2) is 5.79 Å². The van der Waals surface area contributed by atoms with Crippen LogP contribution < -0.4 is 0 Å². The lowest BCUT2D eigenvalue weighted by molar-refractivity contribution is -0.187. The Labute approximate surface area is 113 Å². The molecule has 0 aromatic heterocycles. The molecular weight excluding hydrogens is 245 g/mol. The molecule has 1 atom stereocenters. The molecule has 0 amide bonds. The first-order valence-corrected chi connectivity index (χ1v) is 6.97. The largest absolute Gasteiger partial charge is 0.347 e. The molecular formula is C15H20FNO2. The quantitative estimate of drug-likeness (QED) is 0.820. The van der Waals surface area contributed by atoms with Crippen molar-refractivity contribution in [3.63, 3.8) is 0 Å². The highest BCUT2D eigenvalue weighted by Crippen LogP contribution is 2.34. The van der Waals surface area contributed by atoms with Gasteiger partial charge in [-0.1, -0.05) is 18.2 Å². The topological polar surface area (TPSA) is 21.7 Å². The predicted octanol–water partition coefficient (Wildman–Crippen LogP) is 2.73. The third-order valence-corrected chi connectivity index (χ3v) is 4.28. The first kappa shape index (κ1) is 13.0. The van der Waals surface area contributed by atoms with Crippen molar-refractivity contribution in [2.45, 2.75) is 31.6 Å². The van der Waals surface area contributed by atoms with Crippen molar-refractivity contribution < 1.29 is 13.9 Å². The summed E-state index contributed by atoms with van der Waals surface area (Å²) in [4.78, 5) is 2.30. The second kappa shape index (κ2) is 5.19. The minimum Gasteiger partial charge on any atom is -0.347 e. The Morgan fingerprint density at radius 2 is 1.79 bits per heavy atom. The fourth-order valence-corrected chi connectivity index (χ4v) is 3.05. The van der Waals surface area contributed by atoms with Crippen molar-refractivity contribution in [1.29, 1.82) is 0 Å². The summed E-state index contributed by atoms with van der Waals surface area (Å²) in [5.74, 6) is -0.477. The van der Waals surface area contributed by atoms with Gasteiger partial charge in [-0.15, -0.1) is 0 Å². The Balaban J connectivity index is 1.66. The van der Waals surface area contributed by atoms with E-state index in [1.165, 1.54) is 6.07 Å². The fraction of sp³-hybridized carbons (Fsp3) is 0.600. The average Bonchev–Trinajstić information content (AvgIpc) is 2.88. The fourth-order valence-electron chi connectivity index (χ4n) is 3.05. The summed E-state index contributed by atoms with van der Waals surface area (Å²) in [6.07, 6.45) is 1.73. The van der Waals surface area contributed by atoms with E-state index >= 15 is 0 Å². The van der Waals surface area contributed by atoms with E-state index in [4.69, 9.17) is 9.47 Å². The Morgan fingerprint density at radius 1 is 1.16 bits per heavy atom. The van der Waals surface area contributed by atoms with Gasteiger partial charge in [0.2, 0.25) is 0 Å². The summed E-state index contributed by atoms with van der Waals surface area (Å²) in [6, 6.07) is 7.12. The van der Waals surface area contributed by atoms with E-state index in [0.717, 1.165) is 31.5 Å². The maximum atomic E-state index is 13.8. The molecule has 2 heterocycles. The molecule has 0 aliphatic carbocycles. The summed E-state index contributed by atoms with van der Waals surface area (Å²) >= 11 is 0. The molecule has 1 unspecified atom stereocenters. The molecule has 1 aromatic rings. The summed E-state index contributed by atoms with van der Waals surface area (Å²) < 4.78 is 25.2. The van der Waals surface area contributed by atoms with Crippen LogP contribution in [0.25, 0.3) is 0 Å². The molecule has 104 valence electrons. The molecule has 1 aromatic carbocycles. The van der Waals surface area contributed by atoms with Gasteiger partial charge >= 0.3 is 0 Å².